The van der Waals surface area contributed by atoms with Crippen LogP contribution < -0.4 is 0 Å². The van der Waals surface area contributed by atoms with Crippen LogP contribution in [-0.2, 0) is 20.7 Å². The second-order valence-electron chi connectivity index (χ2n) is 14.7. The normalized spacial score (nSPS) is 47.6. The molecule has 0 aromatic heterocycles. The van der Waals surface area contributed by atoms with Gasteiger partial charge < -0.3 is 20.1 Å². The van der Waals surface area contributed by atoms with Crippen LogP contribution in [0.3, 0.4) is 0 Å². The number of carbonyl (C=O) groups is 2. The number of ether oxygens (including phenoxy) is 1. The highest BCUT2D eigenvalue weighted by atomic mass is 16.5. The lowest BCUT2D eigenvalue weighted by Crippen LogP contribution is -2.76. The van der Waals surface area contributed by atoms with Crippen LogP contribution in [0.25, 0.3) is 0 Å². The molecular weight excluding hydrogens is 492 g/mol. The van der Waals surface area contributed by atoms with E-state index in [0.717, 1.165) is 5.56 Å². The smallest absolute Gasteiger partial charge is 0.170 e. The van der Waals surface area contributed by atoms with E-state index >= 15 is 0 Å². The Balaban J connectivity index is 1.52. The van der Waals surface area contributed by atoms with Gasteiger partial charge in [-0.2, -0.15) is 0 Å². The fourth-order valence-corrected chi connectivity index (χ4v) is 9.94. The predicted octanol–water partition coefficient (Wildman–Crippen LogP) is 4.23. The maximum absolute atomic E-state index is 14.3. The number of benzene rings is 1. The first-order chi connectivity index (χ1) is 18.1. The minimum Gasteiger partial charge on any atom is -0.392 e. The number of hydrogen-bond acceptors (Lipinski definition) is 6. The zero-order valence-corrected chi connectivity index (χ0v) is 24.7. The largest absolute Gasteiger partial charge is 0.392 e. The molecule has 0 radical (unpaired) electrons. The molecule has 1 aromatic rings. The molecule has 5 unspecified atom stereocenters. The quantitative estimate of drug-likeness (QED) is 0.517. The van der Waals surface area contributed by atoms with Crippen LogP contribution >= 0.6 is 0 Å². The highest BCUT2D eigenvalue weighted by molar-refractivity contribution is 5.90. The lowest BCUT2D eigenvalue weighted by molar-refractivity contribution is -0.316. The van der Waals surface area contributed by atoms with Gasteiger partial charge in [0.1, 0.15) is 11.9 Å². The molecule has 3 N–H and O–H groups in total. The van der Waals surface area contributed by atoms with Gasteiger partial charge in [0.15, 0.2) is 5.78 Å². The summed E-state index contributed by atoms with van der Waals surface area (Å²) in [6.07, 6.45) is -0.722. The molecule has 4 fully saturated rings. The Morgan fingerprint density at radius 1 is 1.10 bits per heavy atom. The first-order valence-corrected chi connectivity index (χ1v) is 14.9. The molecule has 2 bridgehead atoms. The second kappa shape index (κ2) is 9.47. The number of aliphatic hydroxyl groups excluding tert-OH is 2. The van der Waals surface area contributed by atoms with Crippen molar-refractivity contribution in [2.75, 3.05) is 6.61 Å². The summed E-state index contributed by atoms with van der Waals surface area (Å²) in [7, 11) is 0. The highest BCUT2D eigenvalue weighted by Crippen LogP contribution is 2.68. The summed E-state index contributed by atoms with van der Waals surface area (Å²) in [5.74, 6) is -1.92. The highest BCUT2D eigenvalue weighted by Gasteiger charge is 2.74. The van der Waals surface area contributed by atoms with Gasteiger partial charge in [-0.1, -0.05) is 71.9 Å². The molecule has 3 saturated carbocycles. The summed E-state index contributed by atoms with van der Waals surface area (Å²) < 4.78 is 5.88. The van der Waals surface area contributed by atoms with Crippen molar-refractivity contribution in [3.8, 4) is 0 Å². The summed E-state index contributed by atoms with van der Waals surface area (Å²) in [5.41, 5.74) is -2.49. The van der Waals surface area contributed by atoms with E-state index in [1.165, 1.54) is 0 Å². The molecule has 1 aromatic carbocycles. The number of carbonyl (C=O) groups excluding carboxylic acids is 2. The molecule has 4 aliphatic rings. The number of Topliss-reactive ketones (excluding diaryl/α,β-unsaturated/α-hetero) is 2. The number of aliphatic hydroxyl groups is 3. The first-order valence-electron chi connectivity index (χ1n) is 14.9. The van der Waals surface area contributed by atoms with Crippen molar-refractivity contribution in [1.82, 2.24) is 0 Å². The molecule has 1 saturated heterocycles. The van der Waals surface area contributed by atoms with E-state index in [9.17, 15) is 24.9 Å². The third-order valence-electron chi connectivity index (χ3n) is 12.4. The summed E-state index contributed by atoms with van der Waals surface area (Å²) in [5, 5.41) is 36.0. The van der Waals surface area contributed by atoms with Gasteiger partial charge >= 0.3 is 0 Å². The van der Waals surface area contributed by atoms with Gasteiger partial charge in [-0.3, -0.25) is 9.59 Å². The number of rotatable bonds is 5. The van der Waals surface area contributed by atoms with Gasteiger partial charge in [0, 0.05) is 30.1 Å². The fraction of sp³-hybridized carbons (Fsp3) is 0.758. The lowest BCUT2D eigenvalue weighted by Gasteiger charge is -2.70. The molecule has 12 atom stereocenters. The van der Waals surface area contributed by atoms with E-state index in [4.69, 9.17) is 4.74 Å². The monoisotopic (exact) mass is 540 g/mol. The molecule has 1 heterocycles. The standard InChI is InChI=1S/C33H48O6/c1-18(13-21-11-9-8-10-12-21)23(34)14-22-16-33(38)20(3)28-31(6)17-39-25(31)15-24(35)32(28,7)29(37)27(36)26(19(22)2)30(33,4)5/h8-12,18-20,22,24-28,35-36,38H,13-17H2,1-7H3/t18-,19?,20+,22+,24+,25?,26?,27-,28?,31-,32?,33-/m1/s1. The van der Waals surface area contributed by atoms with Crippen molar-refractivity contribution in [3.05, 3.63) is 35.9 Å². The molecular formula is C33H48O6. The summed E-state index contributed by atoms with van der Waals surface area (Å²) in [6.45, 7) is 14.4. The number of fused-ring (bicyclic) bond motifs is 5. The van der Waals surface area contributed by atoms with E-state index in [2.05, 4.69) is 6.92 Å². The van der Waals surface area contributed by atoms with E-state index in [0.29, 0.717) is 32.3 Å². The molecule has 0 amide bonds. The van der Waals surface area contributed by atoms with Crippen molar-refractivity contribution in [1.29, 1.82) is 0 Å². The van der Waals surface area contributed by atoms with Gasteiger partial charge in [-0.05, 0) is 54.4 Å². The number of ketones is 2. The van der Waals surface area contributed by atoms with E-state index in [1.54, 1.807) is 6.92 Å². The molecule has 1 aliphatic heterocycles. The van der Waals surface area contributed by atoms with Crippen LogP contribution in [0, 0.1) is 51.8 Å². The van der Waals surface area contributed by atoms with Crippen LogP contribution in [-0.4, -0.2) is 57.4 Å². The third-order valence-corrected chi connectivity index (χ3v) is 12.4. The zero-order valence-electron chi connectivity index (χ0n) is 24.7. The van der Waals surface area contributed by atoms with Crippen molar-refractivity contribution in [2.24, 2.45) is 51.8 Å². The SMILES string of the molecule is CC1C2[C@@H](O)C(=O)C3(C)C([C@H](C)[C@](O)(C[C@@H]1CC(=O)[C@H](C)Cc1ccccc1)C2(C)C)[C@]1(C)COC1C[C@@H]3O. The van der Waals surface area contributed by atoms with Gasteiger partial charge in [0.05, 0.1) is 29.8 Å². The summed E-state index contributed by atoms with van der Waals surface area (Å²) >= 11 is 0. The van der Waals surface area contributed by atoms with Crippen molar-refractivity contribution < 1.29 is 29.6 Å². The third kappa shape index (κ3) is 3.95. The molecule has 6 heteroatoms. The minimum atomic E-state index is -1.34. The van der Waals surface area contributed by atoms with Crippen LogP contribution in [0.5, 0.6) is 0 Å². The van der Waals surface area contributed by atoms with E-state index < -0.39 is 34.6 Å². The summed E-state index contributed by atoms with van der Waals surface area (Å²) in [4.78, 5) is 27.9. The van der Waals surface area contributed by atoms with Gasteiger partial charge in [0.2, 0.25) is 0 Å². The van der Waals surface area contributed by atoms with Crippen LogP contribution in [0.15, 0.2) is 30.3 Å². The van der Waals surface area contributed by atoms with Gasteiger partial charge in [-0.15, -0.1) is 0 Å². The Bertz CT molecular complexity index is 1120. The average Bonchev–Trinajstić information content (AvgIpc) is 2.88. The lowest BCUT2D eigenvalue weighted by atomic mass is 9.38. The molecule has 39 heavy (non-hydrogen) atoms. The maximum Gasteiger partial charge on any atom is 0.170 e. The summed E-state index contributed by atoms with van der Waals surface area (Å²) in [6, 6.07) is 10.00. The van der Waals surface area contributed by atoms with Gasteiger partial charge in [-0.25, -0.2) is 0 Å². The van der Waals surface area contributed by atoms with Gasteiger partial charge in [0.25, 0.3) is 0 Å². The number of hydrogen-bond donors (Lipinski definition) is 3. The molecule has 5 rings (SSSR count). The fourth-order valence-electron chi connectivity index (χ4n) is 9.94. The minimum absolute atomic E-state index is 0.152. The van der Waals surface area contributed by atoms with Crippen LogP contribution in [0.4, 0.5) is 0 Å². The molecule has 3 aliphatic carbocycles. The zero-order chi connectivity index (χ0) is 28.7. The Kier molecular flexibility index (Phi) is 7.02. The van der Waals surface area contributed by atoms with E-state index in [-0.39, 0.29) is 52.7 Å². The molecule has 216 valence electrons. The predicted molar refractivity (Wildman–Crippen MR) is 149 cm³/mol. The Hall–Kier alpha value is -1.60. The van der Waals surface area contributed by atoms with Crippen LogP contribution in [0.1, 0.15) is 73.3 Å². The average molecular weight is 541 g/mol. The van der Waals surface area contributed by atoms with Crippen molar-refractivity contribution >= 4 is 11.6 Å². The second-order valence-corrected chi connectivity index (χ2v) is 14.7. The maximum atomic E-state index is 14.3. The first kappa shape index (κ1) is 28.9. The Morgan fingerprint density at radius 2 is 1.74 bits per heavy atom. The van der Waals surface area contributed by atoms with Crippen molar-refractivity contribution in [3.63, 3.8) is 0 Å². The Labute approximate surface area is 233 Å². The van der Waals surface area contributed by atoms with E-state index in [1.807, 2.05) is 65.0 Å². The Morgan fingerprint density at radius 3 is 2.33 bits per heavy atom. The van der Waals surface area contributed by atoms with Crippen LogP contribution in [0.2, 0.25) is 0 Å². The molecule has 0 spiro atoms. The molecule has 6 nitrogen and oxygen atoms in total. The van der Waals surface area contributed by atoms with Crippen molar-refractivity contribution in [2.45, 2.75) is 98.1 Å². The topological polar surface area (TPSA) is 104 Å².